The molecule has 0 radical (unpaired) electrons. The molecule has 1 fully saturated rings. The van der Waals surface area contributed by atoms with Gasteiger partial charge in [0.25, 0.3) is 0 Å². The van der Waals surface area contributed by atoms with Crippen LogP contribution in [0.3, 0.4) is 0 Å². The summed E-state index contributed by atoms with van der Waals surface area (Å²) >= 11 is 0. The third-order valence-electron chi connectivity index (χ3n) is 4.48. The van der Waals surface area contributed by atoms with E-state index in [1.54, 1.807) is 24.9 Å². The first-order chi connectivity index (χ1) is 11.8. The molecule has 3 aromatic rings. The highest BCUT2D eigenvalue weighted by Gasteiger charge is 2.24. The van der Waals surface area contributed by atoms with Crippen molar-refractivity contribution in [3.63, 3.8) is 0 Å². The molecule has 0 amide bonds. The van der Waals surface area contributed by atoms with Crippen molar-refractivity contribution in [3.05, 3.63) is 36.7 Å². The van der Waals surface area contributed by atoms with E-state index in [0.29, 0.717) is 5.88 Å². The third-order valence-corrected chi connectivity index (χ3v) is 4.48. The molecule has 0 atom stereocenters. The Morgan fingerprint density at radius 2 is 2.08 bits per heavy atom. The minimum absolute atomic E-state index is 0.173. The molecule has 7 nitrogen and oxygen atoms in total. The van der Waals surface area contributed by atoms with Crippen molar-refractivity contribution in [1.82, 2.24) is 24.9 Å². The molecular weight excluding hydrogens is 304 g/mol. The maximum absolute atomic E-state index is 5.92. The summed E-state index contributed by atoms with van der Waals surface area (Å²) in [6, 6.07) is 0. The van der Waals surface area contributed by atoms with Gasteiger partial charge in [-0.05, 0) is 12.0 Å². The quantitative estimate of drug-likeness (QED) is 0.793. The van der Waals surface area contributed by atoms with Crippen molar-refractivity contribution in [2.24, 2.45) is 0 Å². The van der Waals surface area contributed by atoms with Crippen LogP contribution in [-0.2, 0) is 6.42 Å². The Bertz CT molecular complexity index is 810. The molecule has 0 bridgehead atoms. The summed E-state index contributed by atoms with van der Waals surface area (Å²) in [4.78, 5) is 22.7. The van der Waals surface area contributed by atoms with Crippen molar-refractivity contribution in [1.29, 1.82) is 0 Å². The van der Waals surface area contributed by atoms with Gasteiger partial charge in [0.2, 0.25) is 5.88 Å². The van der Waals surface area contributed by atoms with Gasteiger partial charge < -0.3 is 14.6 Å². The van der Waals surface area contributed by atoms with Gasteiger partial charge in [0, 0.05) is 44.5 Å². The Balaban J connectivity index is 1.49. The SMILES string of the molecule is CCc1c[nH]c2ncnc(N3CCC(Oc4cnccn4)CC3)c12. The van der Waals surface area contributed by atoms with Crippen LogP contribution in [0.5, 0.6) is 5.88 Å². The van der Waals surface area contributed by atoms with Crippen LogP contribution in [0.2, 0.25) is 0 Å². The second kappa shape index (κ2) is 6.43. The van der Waals surface area contributed by atoms with Crippen molar-refractivity contribution in [3.8, 4) is 5.88 Å². The van der Waals surface area contributed by atoms with E-state index in [1.165, 1.54) is 5.56 Å². The standard InChI is InChI=1S/C17H20N6O/c1-2-12-9-20-16-15(12)17(22-11-21-16)23-7-3-13(4-8-23)24-14-10-18-5-6-19-14/h5-6,9-11,13H,2-4,7-8H2,1H3,(H,20,21,22). The van der Waals surface area contributed by atoms with Crippen molar-refractivity contribution in [2.75, 3.05) is 18.0 Å². The highest BCUT2D eigenvalue weighted by atomic mass is 16.5. The van der Waals surface area contributed by atoms with Gasteiger partial charge in [-0.2, -0.15) is 0 Å². The Kier molecular flexibility index (Phi) is 3.98. The number of aryl methyl sites for hydroxylation is 1. The molecule has 124 valence electrons. The first-order valence-electron chi connectivity index (χ1n) is 8.33. The van der Waals surface area contributed by atoms with Gasteiger partial charge in [-0.1, -0.05) is 6.92 Å². The maximum Gasteiger partial charge on any atom is 0.232 e. The number of piperidine rings is 1. The fraction of sp³-hybridized carbons (Fsp3) is 0.412. The van der Waals surface area contributed by atoms with Crippen LogP contribution in [0.4, 0.5) is 5.82 Å². The Hall–Kier alpha value is -2.70. The highest BCUT2D eigenvalue weighted by molar-refractivity contribution is 5.90. The molecule has 0 saturated carbocycles. The summed E-state index contributed by atoms with van der Waals surface area (Å²) in [6.45, 7) is 3.97. The minimum atomic E-state index is 0.173. The van der Waals surface area contributed by atoms with Crippen molar-refractivity contribution >= 4 is 16.9 Å². The van der Waals surface area contributed by atoms with Gasteiger partial charge in [-0.25, -0.2) is 15.0 Å². The largest absolute Gasteiger partial charge is 0.473 e. The number of ether oxygens (including phenoxy) is 1. The molecule has 0 spiro atoms. The number of rotatable bonds is 4. The van der Waals surface area contributed by atoms with Gasteiger partial charge >= 0.3 is 0 Å². The zero-order valence-electron chi connectivity index (χ0n) is 13.6. The number of nitrogens with zero attached hydrogens (tertiary/aromatic N) is 5. The van der Waals surface area contributed by atoms with E-state index < -0.39 is 0 Å². The van der Waals surface area contributed by atoms with Gasteiger partial charge in [-0.15, -0.1) is 0 Å². The maximum atomic E-state index is 5.92. The van der Waals surface area contributed by atoms with Crippen LogP contribution in [0.1, 0.15) is 25.3 Å². The van der Waals surface area contributed by atoms with Crippen LogP contribution in [0, 0.1) is 0 Å². The number of hydrogen-bond acceptors (Lipinski definition) is 6. The number of hydrogen-bond donors (Lipinski definition) is 1. The van der Waals surface area contributed by atoms with Gasteiger partial charge in [0.05, 0.1) is 11.6 Å². The van der Waals surface area contributed by atoms with E-state index in [1.807, 2.05) is 6.20 Å². The molecule has 1 saturated heterocycles. The highest BCUT2D eigenvalue weighted by Crippen LogP contribution is 2.29. The number of aromatic nitrogens is 5. The lowest BCUT2D eigenvalue weighted by atomic mass is 10.1. The first-order valence-corrected chi connectivity index (χ1v) is 8.33. The minimum Gasteiger partial charge on any atom is -0.473 e. The predicted octanol–water partition coefficient (Wildman–Crippen LogP) is 2.36. The second-order valence-corrected chi connectivity index (χ2v) is 5.94. The predicted molar refractivity (Wildman–Crippen MR) is 91.2 cm³/mol. The number of fused-ring (bicyclic) bond motifs is 1. The molecule has 3 aromatic heterocycles. The molecule has 0 unspecified atom stereocenters. The number of H-pyrrole nitrogens is 1. The number of aromatic amines is 1. The average molecular weight is 324 g/mol. The van der Waals surface area contributed by atoms with Crippen molar-refractivity contribution < 1.29 is 4.74 Å². The van der Waals surface area contributed by atoms with Crippen LogP contribution in [-0.4, -0.2) is 44.1 Å². The van der Waals surface area contributed by atoms with Gasteiger partial charge in [-0.3, -0.25) is 4.98 Å². The Morgan fingerprint density at radius 3 is 2.83 bits per heavy atom. The molecule has 24 heavy (non-hydrogen) atoms. The molecule has 1 N–H and O–H groups in total. The van der Waals surface area contributed by atoms with Crippen molar-refractivity contribution in [2.45, 2.75) is 32.3 Å². The topological polar surface area (TPSA) is 79.8 Å². The summed E-state index contributed by atoms with van der Waals surface area (Å²) < 4.78 is 5.92. The summed E-state index contributed by atoms with van der Waals surface area (Å²) in [6.07, 6.45) is 11.6. The number of anilines is 1. The Morgan fingerprint density at radius 1 is 1.21 bits per heavy atom. The fourth-order valence-corrected chi connectivity index (χ4v) is 3.23. The summed E-state index contributed by atoms with van der Waals surface area (Å²) in [7, 11) is 0. The molecule has 4 heterocycles. The van der Waals surface area contributed by atoms with E-state index >= 15 is 0 Å². The van der Waals surface area contributed by atoms with E-state index in [-0.39, 0.29) is 6.10 Å². The summed E-state index contributed by atoms with van der Waals surface area (Å²) in [5.41, 5.74) is 2.17. The molecule has 1 aliphatic rings. The second-order valence-electron chi connectivity index (χ2n) is 5.94. The van der Waals surface area contributed by atoms with E-state index in [9.17, 15) is 0 Å². The van der Waals surface area contributed by atoms with Crippen LogP contribution in [0.15, 0.2) is 31.1 Å². The van der Waals surface area contributed by atoms with Crippen LogP contribution >= 0.6 is 0 Å². The normalized spacial score (nSPS) is 15.8. The van der Waals surface area contributed by atoms with Crippen LogP contribution < -0.4 is 9.64 Å². The molecule has 4 rings (SSSR count). The van der Waals surface area contributed by atoms with E-state index in [0.717, 1.165) is 49.2 Å². The average Bonchev–Trinajstić information content (AvgIpc) is 3.07. The summed E-state index contributed by atoms with van der Waals surface area (Å²) in [5.74, 6) is 1.62. The monoisotopic (exact) mass is 324 g/mol. The zero-order chi connectivity index (χ0) is 16.4. The number of nitrogens with one attached hydrogen (secondary N) is 1. The molecule has 7 heteroatoms. The molecular formula is C17H20N6O. The molecule has 1 aliphatic heterocycles. The lowest BCUT2D eigenvalue weighted by Gasteiger charge is -2.33. The van der Waals surface area contributed by atoms with Gasteiger partial charge in [0.15, 0.2) is 0 Å². The third kappa shape index (κ3) is 2.77. The zero-order valence-corrected chi connectivity index (χ0v) is 13.6. The lowest BCUT2D eigenvalue weighted by Crippen LogP contribution is -2.39. The Labute approximate surface area is 140 Å². The smallest absolute Gasteiger partial charge is 0.232 e. The van der Waals surface area contributed by atoms with E-state index in [2.05, 4.69) is 36.7 Å². The lowest BCUT2D eigenvalue weighted by molar-refractivity contribution is 0.163. The molecule has 0 aromatic carbocycles. The van der Waals surface area contributed by atoms with Gasteiger partial charge in [0.1, 0.15) is 23.9 Å². The van der Waals surface area contributed by atoms with E-state index in [4.69, 9.17) is 4.74 Å². The molecule has 0 aliphatic carbocycles. The fourth-order valence-electron chi connectivity index (χ4n) is 3.23. The first kappa shape index (κ1) is 14.9. The van der Waals surface area contributed by atoms with Crippen LogP contribution in [0.25, 0.3) is 11.0 Å². The summed E-state index contributed by atoms with van der Waals surface area (Å²) in [5, 5.41) is 1.15.